The molecule has 2 rings (SSSR count). The van der Waals surface area contributed by atoms with Gasteiger partial charge < -0.3 is 11.5 Å². The Hall–Kier alpha value is -2.51. The van der Waals surface area contributed by atoms with Crippen LogP contribution in [0.15, 0.2) is 18.2 Å². The van der Waals surface area contributed by atoms with Gasteiger partial charge in [0, 0.05) is 11.6 Å². The van der Waals surface area contributed by atoms with Gasteiger partial charge in [0.2, 0.25) is 0 Å². The third kappa shape index (κ3) is 2.37. The summed E-state index contributed by atoms with van der Waals surface area (Å²) in [5.74, 6) is -4.92. The first-order valence-corrected chi connectivity index (χ1v) is 5.15. The normalized spacial score (nSPS) is 10.7. The number of nitrogens with zero attached hydrogens (tertiary/aromatic N) is 2. The van der Waals surface area contributed by atoms with Crippen LogP contribution < -0.4 is 11.5 Å². The molecule has 0 aliphatic rings. The summed E-state index contributed by atoms with van der Waals surface area (Å²) in [4.78, 5) is 10.9. The predicted molar refractivity (Wildman–Crippen MR) is 60.6 cm³/mol. The van der Waals surface area contributed by atoms with Gasteiger partial charge in [-0.05, 0) is 6.07 Å². The van der Waals surface area contributed by atoms with Crippen LogP contribution in [0.3, 0.4) is 0 Å². The molecule has 1 aromatic carbocycles. The molecule has 8 heteroatoms. The maximum Gasteiger partial charge on any atom is 0.269 e. The molecule has 0 atom stereocenters. The zero-order chi connectivity index (χ0) is 14.2. The van der Waals surface area contributed by atoms with Crippen LogP contribution in [0.5, 0.6) is 0 Å². The van der Waals surface area contributed by atoms with E-state index >= 15 is 0 Å². The molecular formula is C11H9F3N4O. The fourth-order valence-corrected chi connectivity index (χ4v) is 1.53. The topological polar surface area (TPSA) is 86.9 Å². The first kappa shape index (κ1) is 12.9. The molecule has 0 saturated heterocycles. The second-order valence-electron chi connectivity index (χ2n) is 3.81. The molecule has 0 aliphatic carbocycles. The van der Waals surface area contributed by atoms with E-state index in [-0.39, 0.29) is 23.6 Å². The van der Waals surface area contributed by atoms with Crippen LogP contribution in [0.25, 0.3) is 0 Å². The summed E-state index contributed by atoms with van der Waals surface area (Å²) >= 11 is 0. The maximum atomic E-state index is 13.5. The van der Waals surface area contributed by atoms with Crippen LogP contribution in [-0.2, 0) is 6.54 Å². The molecule has 0 bridgehead atoms. The Balaban J connectivity index is 2.36. The highest BCUT2D eigenvalue weighted by atomic mass is 19.2. The van der Waals surface area contributed by atoms with Gasteiger partial charge in [0.25, 0.3) is 5.91 Å². The number of nitrogens with two attached hydrogens (primary N) is 2. The van der Waals surface area contributed by atoms with E-state index < -0.39 is 23.4 Å². The highest BCUT2D eigenvalue weighted by Gasteiger charge is 2.16. The second kappa shape index (κ2) is 4.63. The van der Waals surface area contributed by atoms with Crippen LogP contribution in [0.2, 0.25) is 0 Å². The molecule has 2 aromatic rings. The van der Waals surface area contributed by atoms with Crippen molar-refractivity contribution in [3.05, 3.63) is 46.9 Å². The van der Waals surface area contributed by atoms with Crippen molar-refractivity contribution in [2.45, 2.75) is 6.54 Å². The number of aromatic nitrogens is 2. The van der Waals surface area contributed by atoms with E-state index in [0.29, 0.717) is 0 Å². The molecule has 0 radical (unpaired) electrons. The molecule has 5 nitrogen and oxygen atoms in total. The lowest BCUT2D eigenvalue weighted by Gasteiger charge is -2.06. The van der Waals surface area contributed by atoms with Crippen molar-refractivity contribution in [1.29, 1.82) is 0 Å². The molecule has 0 spiro atoms. The van der Waals surface area contributed by atoms with Gasteiger partial charge in [-0.25, -0.2) is 17.9 Å². The fraction of sp³-hybridized carbons (Fsp3) is 0.0909. The van der Waals surface area contributed by atoms with Gasteiger partial charge >= 0.3 is 0 Å². The summed E-state index contributed by atoms with van der Waals surface area (Å²) < 4.78 is 40.3. The SMILES string of the molecule is NC(=O)c1cc(N)n(Cc2ccc(F)c(F)c2F)n1. The lowest BCUT2D eigenvalue weighted by atomic mass is 10.2. The molecule has 0 aliphatic heterocycles. The van der Waals surface area contributed by atoms with Gasteiger partial charge in [-0.2, -0.15) is 5.10 Å². The Morgan fingerprint density at radius 2 is 1.95 bits per heavy atom. The van der Waals surface area contributed by atoms with Crippen LogP contribution in [0.4, 0.5) is 19.0 Å². The quantitative estimate of drug-likeness (QED) is 0.816. The van der Waals surface area contributed by atoms with Crippen LogP contribution in [-0.4, -0.2) is 15.7 Å². The van der Waals surface area contributed by atoms with E-state index in [0.717, 1.165) is 16.8 Å². The van der Waals surface area contributed by atoms with E-state index in [2.05, 4.69) is 5.10 Å². The molecule has 19 heavy (non-hydrogen) atoms. The second-order valence-corrected chi connectivity index (χ2v) is 3.81. The number of anilines is 1. The summed E-state index contributed by atoms with van der Waals surface area (Å²) in [6.45, 7) is -0.248. The molecule has 1 amide bonds. The zero-order valence-electron chi connectivity index (χ0n) is 9.53. The van der Waals surface area contributed by atoms with Crippen molar-refractivity contribution >= 4 is 11.7 Å². The van der Waals surface area contributed by atoms with Gasteiger partial charge in [-0.15, -0.1) is 0 Å². The molecule has 0 unspecified atom stereocenters. The number of amides is 1. The average molecular weight is 270 g/mol. The van der Waals surface area contributed by atoms with E-state index in [1.54, 1.807) is 0 Å². The van der Waals surface area contributed by atoms with Gasteiger partial charge in [0.05, 0.1) is 6.54 Å². The molecule has 1 heterocycles. The predicted octanol–water partition coefficient (Wildman–Crippen LogP) is 1.03. The molecular weight excluding hydrogens is 261 g/mol. The van der Waals surface area contributed by atoms with Gasteiger partial charge in [0.15, 0.2) is 23.1 Å². The number of benzene rings is 1. The summed E-state index contributed by atoms with van der Waals surface area (Å²) in [5, 5.41) is 3.73. The Morgan fingerprint density at radius 1 is 1.26 bits per heavy atom. The summed E-state index contributed by atoms with van der Waals surface area (Å²) in [6.07, 6.45) is 0. The van der Waals surface area contributed by atoms with Crippen LogP contribution >= 0.6 is 0 Å². The largest absolute Gasteiger partial charge is 0.384 e. The first-order valence-electron chi connectivity index (χ1n) is 5.15. The minimum Gasteiger partial charge on any atom is -0.384 e. The van der Waals surface area contributed by atoms with Crippen molar-refractivity contribution in [2.24, 2.45) is 5.73 Å². The van der Waals surface area contributed by atoms with Gasteiger partial charge in [-0.1, -0.05) is 6.07 Å². The average Bonchev–Trinajstić information content (AvgIpc) is 2.72. The van der Waals surface area contributed by atoms with E-state index in [1.165, 1.54) is 6.07 Å². The number of primary amides is 1. The Kier molecular flexibility index (Phi) is 3.16. The highest BCUT2D eigenvalue weighted by molar-refractivity contribution is 5.91. The number of rotatable bonds is 3. The maximum absolute atomic E-state index is 13.5. The monoisotopic (exact) mass is 270 g/mol. The zero-order valence-corrected chi connectivity index (χ0v) is 9.53. The van der Waals surface area contributed by atoms with E-state index in [9.17, 15) is 18.0 Å². The standard InChI is InChI=1S/C11H9F3N4O/c12-6-2-1-5(9(13)10(6)14)4-18-8(15)3-7(17-18)11(16)19/h1-3H,4,15H2,(H2,16,19). The molecule has 0 fully saturated rings. The Labute approximate surface area is 105 Å². The highest BCUT2D eigenvalue weighted by Crippen LogP contribution is 2.17. The summed E-state index contributed by atoms with van der Waals surface area (Å²) in [6, 6.07) is 3.07. The summed E-state index contributed by atoms with van der Waals surface area (Å²) in [5.41, 5.74) is 10.3. The molecule has 0 saturated carbocycles. The van der Waals surface area contributed by atoms with Crippen LogP contribution in [0.1, 0.15) is 16.1 Å². The van der Waals surface area contributed by atoms with Crippen molar-refractivity contribution in [1.82, 2.24) is 9.78 Å². The minimum absolute atomic E-state index is 0.0536. The number of carbonyl (C=O) groups excluding carboxylic acids is 1. The molecule has 1 aromatic heterocycles. The molecule has 4 N–H and O–H groups in total. The van der Waals surface area contributed by atoms with Gasteiger partial charge in [0.1, 0.15) is 5.82 Å². The smallest absolute Gasteiger partial charge is 0.269 e. The first-order chi connectivity index (χ1) is 8.90. The summed E-state index contributed by atoms with van der Waals surface area (Å²) in [7, 11) is 0. The Bertz CT molecular complexity index is 654. The van der Waals surface area contributed by atoms with Crippen molar-refractivity contribution in [3.63, 3.8) is 0 Å². The molecule has 100 valence electrons. The third-order valence-electron chi connectivity index (χ3n) is 2.50. The number of nitrogen functional groups attached to an aromatic ring is 1. The van der Waals surface area contributed by atoms with E-state index in [4.69, 9.17) is 11.5 Å². The van der Waals surface area contributed by atoms with Crippen LogP contribution in [0, 0.1) is 17.5 Å². The van der Waals surface area contributed by atoms with Gasteiger partial charge in [-0.3, -0.25) is 4.79 Å². The minimum atomic E-state index is -1.57. The lowest BCUT2D eigenvalue weighted by Crippen LogP contribution is -2.13. The number of halogens is 3. The fourth-order valence-electron chi connectivity index (χ4n) is 1.53. The Morgan fingerprint density at radius 3 is 2.53 bits per heavy atom. The number of hydrogen-bond donors (Lipinski definition) is 2. The van der Waals surface area contributed by atoms with Crippen molar-refractivity contribution in [2.75, 3.05) is 5.73 Å². The van der Waals surface area contributed by atoms with Crippen molar-refractivity contribution in [3.8, 4) is 0 Å². The number of carbonyl (C=O) groups is 1. The number of hydrogen-bond acceptors (Lipinski definition) is 3. The third-order valence-corrected chi connectivity index (χ3v) is 2.50. The van der Waals surface area contributed by atoms with E-state index in [1.807, 2.05) is 0 Å². The van der Waals surface area contributed by atoms with Crippen molar-refractivity contribution < 1.29 is 18.0 Å². The lowest BCUT2D eigenvalue weighted by molar-refractivity contribution is 0.0995.